The van der Waals surface area contributed by atoms with Gasteiger partial charge in [0.15, 0.2) is 0 Å². The van der Waals surface area contributed by atoms with E-state index in [9.17, 15) is 14.7 Å². The van der Waals surface area contributed by atoms with Crippen molar-refractivity contribution in [1.82, 2.24) is 20.2 Å². The van der Waals surface area contributed by atoms with Crippen LogP contribution in [0.5, 0.6) is 0 Å². The molecule has 3 rings (SSSR count). The van der Waals surface area contributed by atoms with E-state index in [0.717, 1.165) is 16.1 Å². The number of thiazole rings is 1. The van der Waals surface area contributed by atoms with Crippen molar-refractivity contribution in [3.05, 3.63) is 35.2 Å². The zero-order valence-corrected chi connectivity index (χ0v) is 19.4. The van der Waals surface area contributed by atoms with Crippen LogP contribution < -0.4 is 11.1 Å². The molecule has 2 aromatic heterocycles. The molecular formula is C22H31N5O3S. The van der Waals surface area contributed by atoms with Crippen molar-refractivity contribution in [2.75, 3.05) is 6.54 Å². The third-order valence-electron chi connectivity index (χ3n) is 5.66. The highest BCUT2D eigenvalue weighted by atomic mass is 32.1. The zero-order chi connectivity index (χ0) is 22.9. The highest BCUT2D eigenvalue weighted by Crippen LogP contribution is 2.28. The lowest BCUT2D eigenvalue weighted by atomic mass is 9.86. The smallest absolute Gasteiger partial charge is 0.243 e. The molecule has 4 atom stereocenters. The van der Waals surface area contributed by atoms with Gasteiger partial charge < -0.3 is 21.1 Å². The van der Waals surface area contributed by atoms with E-state index in [4.69, 9.17) is 5.73 Å². The number of hydrogen-bond acceptors (Lipinski definition) is 7. The summed E-state index contributed by atoms with van der Waals surface area (Å²) in [5.74, 6) is -0.637. The van der Waals surface area contributed by atoms with Crippen LogP contribution in [-0.4, -0.2) is 56.5 Å². The fourth-order valence-corrected chi connectivity index (χ4v) is 4.41. The van der Waals surface area contributed by atoms with Crippen LogP contribution in [0.25, 0.3) is 10.4 Å². The van der Waals surface area contributed by atoms with Crippen molar-refractivity contribution in [2.45, 2.75) is 65.3 Å². The number of aromatic nitrogens is 2. The molecule has 168 valence electrons. The Hall–Kier alpha value is -2.36. The summed E-state index contributed by atoms with van der Waals surface area (Å²) in [5.41, 5.74) is 10.1. The first kappa shape index (κ1) is 23.3. The van der Waals surface area contributed by atoms with Gasteiger partial charge >= 0.3 is 0 Å². The molecule has 1 fully saturated rings. The first-order valence-electron chi connectivity index (χ1n) is 10.4. The van der Waals surface area contributed by atoms with Gasteiger partial charge in [-0.3, -0.25) is 14.6 Å². The molecule has 0 saturated carbocycles. The van der Waals surface area contributed by atoms with Crippen LogP contribution in [0, 0.1) is 12.3 Å². The van der Waals surface area contributed by atoms with Gasteiger partial charge in [-0.2, -0.15) is 0 Å². The van der Waals surface area contributed by atoms with Crippen LogP contribution in [0.15, 0.2) is 23.8 Å². The quantitative estimate of drug-likeness (QED) is 0.647. The average Bonchev–Trinajstić information content (AvgIpc) is 3.31. The number of pyridine rings is 1. The second kappa shape index (κ2) is 9.02. The van der Waals surface area contributed by atoms with Crippen LogP contribution in [0.2, 0.25) is 0 Å². The number of nitrogens with one attached hydrogen (secondary N) is 1. The number of carbonyl (C=O) groups excluding carboxylic acids is 2. The Labute approximate surface area is 186 Å². The summed E-state index contributed by atoms with van der Waals surface area (Å²) in [7, 11) is 0. The largest absolute Gasteiger partial charge is 0.391 e. The van der Waals surface area contributed by atoms with E-state index in [1.54, 1.807) is 23.0 Å². The van der Waals surface area contributed by atoms with E-state index in [-0.39, 0.29) is 30.8 Å². The van der Waals surface area contributed by atoms with Crippen molar-refractivity contribution in [1.29, 1.82) is 0 Å². The van der Waals surface area contributed by atoms with Crippen LogP contribution in [-0.2, 0) is 9.59 Å². The molecule has 1 aliphatic rings. The first-order valence-corrected chi connectivity index (χ1v) is 11.3. The monoisotopic (exact) mass is 445 g/mol. The third kappa shape index (κ3) is 5.11. The number of β-amino-alcohol motifs (C(OH)–C–C–N with tert-alkyl or cyclic N) is 1. The van der Waals surface area contributed by atoms with Crippen molar-refractivity contribution >= 4 is 23.2 Å². The molecule has 0 bridgehead atoms. The fourth-order valence-electron chi connectivity index (χ4n) is 3.61. The maximum Gasteiger partial charge on any atom is 0.243 e. The minimum absolute atomic E-state index is 0.107. The lowest BCUT2D eigenvalue weighted by Gasteiger charge is -2.32. The van der Waals surface area contributed by atoms with E-state index in [2.05, 4.69) is 15.3 Å². The fraction of sp³-hybridized carbons (Fsp3) is 0.545. The lowest BCUT2D eigenvalue weighted by molar-refractivity contribution is -0.141. The predicted molar refractivity (Wildman–Crippen MR) is 120 cm³/mol. The minimum Gasteiger partial charge on any atom is -0.391 e. The van der Waals surface area contributed by atoms with E-state index >= 15 is 0 Å². The SMILES string of the molecule is Cc1ncsc1-c1ccc([C@H](C)NC(=O)[C@@H]2C[C@@H](O)CN2C(=O)[C@@H](N)C(C)(C)C)nc1. The van der Waals surface area contributed by atoms with Gasteiger partial charge in [0.05, 0.1) is 40.0 Å². The minimum atomic E-state index is -0.755. The van der Waals surface area contributed by atoms with Gasteiger partial charge in [-0.05, 0) is 25.3 Å². The number of aliphatic hydroxyl groups excluding tert-OH is 1. The number of hydrogen-bond donors (Lipinski definition) is 3. The molecular weight excluding hydrogens is 414 g/mol. The Bertz CT molecular complexity index is 937. The number of likely N-dealkylation sites (tertiary alicyclic amines) is 1. The van der Waals surface area contributed by atoms with E-state index in [1.807, 2.05) is 46.8 Å². The van der Waals surface area contributed by atoms with E-state index < -0.39 is 23.6 Å². The Morgan fingerprint density at radius 1 is 1.32 bits per heavy atom. The molecule has 0 aliphatic carbocycles. The highest BCUT2D eigenvalue weighted by molar-refractivity contribution is 7.13. The van der Waals surface area contributed by atoms with Gasteiger partial charge in [0, 0.05) is 24.7 Å². The summed E-state index contributed by atoms with van der Waals surface area (Å²) in [6, 6.07) is 1.98. The summed E-state index contributed by atoms with van der Waals surface area (Å²) in [6.45, 7) is 9.54. The molecule has 1 saturated heterocycles. The molecule has 1 aliphatic heterocycles. The Balaban J connectivity index is 1.69. The summed E-state index contributed by atoms with van der Waals surface area (Å²) in [4.78, 5) is 37.1. The molecule has 2 amide bonds. The molecule has 4 N–H and O–H groups in total. The van der Waals surface area contributed by atoms with Crippen molar-refractivity contribution in [3.8, 4) is 10.4 Å². The van der Waals surface area contributed by atoms with Crippen molar-refractivity contribution in [2.24, 2.45) is 11.1 Å². The highest BCUT2D eigenvalue weighted by Gasteiger charge is 2.42. The summed E-state index contributed by atoms with van der Waals surface area (Å²) < 4.78 is 0. The van der Waals surface area contributed by atoms with Gasteiger partial charge in [0.25, 0.3) is 0 Å². The summed E-state index contributed by atoms with van der Waals surface area (Å²) in [6.07, 6.45) is 1.22. The number of aliphatic hydroxyl groups is 1. The van der Waals surface area contributed by atoms with Gasteiger partial charge in [-0.15, -0.1) is 11.3 Å². The van der Waals surface area contributed by atoms with Gasteiger partial charge in [-0.25, -0.2) is 4.98 Å². The number of carbonyl (C=O) groups is 2. The number of nitrogens with zero attached hydrogens (tertiary/aromatic N) is 3. The van der Waals surface area contributed by atoms with E-state index in [0.29, 0.717) is 5.69 Å². The molecule has 0 radical (unpaired) electrons. The molecule has 0 unspecified atom stereocenters. The average molecular weight is 446 g/mol. The normalized spacial score (nSPS) is 21.1. The van der Waals surface area contributed by atoms with Gasteiger partial charge in [-0.1, -0.05) is 26.8 Å². The Morgan fingerprint density at radius 2 is 2.03 bits per heavy atom. The van der Waals surface area contributed by atoms with Crippen LogP contribution >= 0.6 is 11.3 Å². The number of nitrogens with two attached hydrogens (primary N) is 1. The van der Waals surface area contributed by atoms with E-state index in [1.165, 1.54) is 4.90 Å². The molecule has 2 aromatic rings. The standard InChI is InChI=1S/C22H31N5O3S/c1-12(16-7-6-14(9-24-16)18-13(2)25-11-31-18)26-20(29)17-8-15(28)10-27(17)21(30)19(23)22(3,4)5/h6-7,9,11-12,15,17,19,28H,8,10,23H2,1-5H3,(H,26,29)/t12-,15+,17-,19+/m0/s1. The maximum absolute atomic E-state index is 13.0. The maximum atomic E-state index is 13.0. The topological polar surface area (TPSA) is 121 Å². The molecule has 0 aromatic carbocycles. The zero-order valence-electron chi connectivity index (χ0n) is 18.6. The summed E-state index contributed by atoms with van der Waals surface area (Å²) >= 11 is 1.56. The lowest BCUT2D eigenvalue weighted by Crippen LogP contribution is -2.55. The summed E-state index contributed by atoms with van der Waals surface area (Å²) in [5, 5.41) is 13.0. The van der Waals surface area contributed by atoms with Crippen molar-refractivity contribution in [3.63, 3.8) is 0 Å². The van der Waals surface area contributed by atoms with Crippen LogP contribution in [0.4, 0.5) is 0 Å². The van der Waals surface area contributed by atoms with Gasteiger partial charge in [0.2, 0.25) is 11.8 Å². The molecule has 31 heavy (non-hydrogen) atoms. The molecule has 0 spiro atoms. The first-order chi connectivity index (χ1) is 14.5. The second-order valence-electron chi connectivity index (χ2n) is 9.21. The Kier molecular flexibility index (Phi) is 6.78. The van der Waals surface area contributed by atoms with Crippen LogP contribution in [0.1, 0.15) is 51.5 Å². The molecule has 8 nitrogen and oxygen atoms in total. The Morgan fingerprint density at radius 3 is 2.58 bits per heavy atom. The number of rotatable bonds is 5. The molecule has 9 heteroatoms. The second-order valence-corrected chi connectivity index (χ2v) is 10.1. The number of aryl methyl sites for hydroxylation is 1. The third-order valence-corrected chi connectivity index (χ3v) is 6.64. The molecule has 3 heterocycles. The van der Waals surface area contributed by atoms with Crippen LogP contribution in [0.3, 0.4) is 0 Å². The van der Waals surface area contributed by atoms with Crippen molar-refractivity contribution < 1.29 is 14.7 Å². The number of amides is 2. The predicted octanol–water partition coefficient (Wildman–Crippen LogP) is 2.03. The van der Waals surface area contributed by atoms with Gasteiger partial charge in [0.1, 0.15) is 6.04 Å².